The van der Waals surface area contributed by atoms with Crippen LogP contribution in [-0.4, -0.2) is 27.4 Å². The Bertz CT molecular complexity index is 590. The van der Waals surface area contributed by atoms with Crippen LogP contribution in [0.5, 0.6) is 5.75 Å². The number of hydrogen-bond donors (Lipinski definition) is 1. The van der Waals surface area contributed by atoms with Crippen molar-refractivity contribution in [3.63, 3.8) is 0 Å². The van der Waals surface area contributed by atoms with E-state index in [9.17, 15) is 5.11 Å². The van der Waals surface area contributed by atoms with Gasteiger partial charge in [0.25, 0.3) is 0 Å². The number of aliphatic hydroxyl groups excluding tert-OH is 1. The summed E-state index contributed by atoms with van der Waals surface area (Å²) in [4.78, 5) is 4.32. The minimum atomic E-state index is -0.558. The summed E-state index contributed by atoms with van der Waals surface area (Å²) in [5.41, 5.74) is 2.30. The average molecular weight is 288 g/mol. The fourth-order valence-electron chi connectivity index (χ4n) is 2.40. The lowest BCUT2D eigenvalue weighted by molar-refractivity contribution is 0.0912. The molecule has 2 aromatic rings. The van der Waals surface area contributed by atoms with E-state index in [4.69, 9.17) is 4.74 Å². The van der Waals surface area contributed by atoms with E-state index in [-0.39, 0.29) is 6.61 Å². The molecule has 1 N–H and O–H groups in total. The molecule has 21 heavy (non-hydrogen) atoms. The van der Waals surface area contributed by atoms with Crippen molar-refractivity contribution in [3.05, 3.63) is 47.5 Å². The predicted molar refractivity (Wildman–Crippen MR) is 83.7 cm³/mol. The molecule has 1 heterocycles. The van der Waals surface area contributed by atoms with Crippen molar-refractivity contribution in [1.82, 2.24) is 9.55 Å². The molecule has 0 aliphatic heterocycles. The van der Waals surface area contributed by atoms with Gasteiger partial charge in [0.05, 0.1) is 6.54 Å². The van der Waals surface area contributed by atoms with E-state index in [1.165, 1.54) is 5.56 Å². The predicted octanol–water partition coefficient (Wildman–Crippen LogP) is 3.06. The topological polar surface area (TPSA) is 47.3 Å². The fraction of sp³-hybridized carbons (Fsp3) is 0.471. The van der Waals surface area contributed by atoms with Gasteiger partial charge in [0.15, 0.2) is 0 Å². The third kappa shape index (κ3) is 4.08. The van der Waals surface area contributed by atoms with E-state index in [1.807, 2.05) is 29.8 Å². The Kier molecular flexibility index (Phi) is 5.02. The van der Waals surface area contributed by atoms with Crippen LogP contribution in [0, 0.1) is 13.8 Å². The highest BCUT2D eigenvalue weighted by Crippen LogP contribution is 2.19. The van der Waals surface area contributed by atoms with Gasteiger partial charge >= 0.3 is 0 Å². The van der Waals surface area contributed by atoms with Crippen molar-refractivity contribution in [2.24, 2.45) is 0 Å². The highest BCUT2D eigenvalue weighted by molar-refractivity contribution is 5.35. The summed E-state index contributed by atoms with van der Waals surface area (Å²) in [6, 6.07) is 6.05. The highest BCUT2D eigenvalue weighted by Gasteiger charge is 2.12. The number of rotatable bonds is 6. The SMILES string of the molecule is Cc1ccc(OCC(O)Cn2ccnc2C(C)C)c(C)c1. The highest BCUT2D eigenvalue weighted by atomic mass is 16.5. The van der Waals surface area contributed by atoms with Gasteiger partial charge in [-0.3, -0.25) is 0 Å². The van der Waals surface area contributed by atoms with Crippen molar-refractivity contribution in [1.29, 1.82) is 0 Å². The van der Waals surface area contributed by atoms with Crippen LogP contribution in [-0.2, 0) is 6.54 Å². The number of ether oxygens (including phenoxy) is 1. The molecule has 2 rings (SSSR count). The normalized spacial score (nSPS) is 12.7. The van der Waals surface area contributed by atoms with Crippen LogP contribution in [0.15, 0.2) is 30.6 Å². The lowest BCUT2D eigenvalue weighted by Crippen LogP contribution is -2.24. The zero-order chi connectivity index (χ0) is 15.4. The summed E-state index contributed by atoms with van der Waals surface area (Å²) in [7, 11) is 0. The summed E-state index contributed by atoms with van der Waals surface area (Å²) >= 11 is 0. The maximum atomic E-state index is 10.2. The monoisotopic (exact) mass is 288 g/mol. The zero-order valence-electron chi connectivity index (χ0n) is 13.2. The number of aromatic nitrogens is 2. The van der Waals surface area contributed by atoms with Crippen LogP contribution < -0.4 is 4.74 Å². The molecule has 4 heteroatoms. The first-order valence-corrected chi connectivity index (χ1v) is 7.36. The van der Waals surface area contributed by atoms with Gasteiger partial charge in [0.1, 0.15) is 24.3 Å². The van der Waals surface area contributed by atoms with Gasteiger partial charge in [0, 0.05) is 18.3 Å². The Balaban J connectivity index is 1.93. The maximum Gasteiger partial charge on any atom is 0.122 e. The molecular formula is C17H24N2O2. The second kappa shape index (κ2) is 6.76. The van der Waals surface area contributed by atoms with Gasteiger partial charge in [-0.05, 0) is 25.5 Å². The lowest BCUT2D eigenvalue weighted by Gasteiger charge is -2.17. The van der Waals surface area contributed by atoms with Crippen molar-refractivity contribution in [3.8, 4) is 5.75 Å². The molecule has 0 saturated carbocycles. The number of imidazole rings is 1. The van der Waals surface area contributed by atoms with Crippen LogP contribution in [0.4, 0.5) is 0 Å². The van der Waals surface area contributed by atoms with E-state index in [0.29, 0.717) is 12.5 Å². The van der Waals surface area contributed by atoms with Gasteiger partial charge < -0.3 is 14.4 Å². The van der Waals surface area contributed by atoms with E-state index in [0.717, 1.165) is 17.1 Å². The summed E-state index contributed by atoms with van der Waals surface area (Å²) in [6.45, 7) is 9.03. The minimum absolute atomic E-state index is 0.277. The second-order valence-corrected chi connectivity index (χ2v) is 5.83. The maximum absolute atomic E-state index is 10.2. The first kappa shape index (κ1) is 15.6. The third-order valence-corrected chi connectivity index (χ3v) is 3.43. The van der Waals surface area contributed by atoms with Crippen molar-refractivity contribution in [2.75, 3.05) is 6.61 Å². The molecule has 1 aromatic heterocycles. The molecule has 0 aliphatic rings. The largest absolute Gasteiger partial charge is 0.491 e. The number of nitrogens with zero attached hydrogens (tertiary/aromatic N) is 2. The van der Waals surface area contributed by atoms with Crippen molar-refractivity contribution >= 4 is 0 Å². The molecule has 0 radical (unpaired) electrons. The van der Waals surface area contributed by atoms with Gasteiger partial charge in [-0.1, -0.05) is 31.5 Å². The number of hydrogen-bond acceptors (Lipinski definition) is 3. The number of benzene rings is 1. The van der Waals surface area contributed by atoms with Gasteiger partial charge in [-0.25, -0.2) is 4.98 Å². The second-order valence-electron chi connectivity index (χ2n) is 5.83. The molecule has 0 fully saturated rings. The quantitative estimate of drug-likeness (QED) is 0.888. The Morgan fingerprint density at radius 3 is 2.71 bits per heavy atom. The molecule has 1 unspecified atom stereocenters. The molecule has 4 nitrogen and oxygen atoms in total. The molecule has 1 aromatic carbocycles. The van der Waals surface area contributed by atoms with Gasteiger partial charge in [-0.2, -0.15) is 0 Å². The Morgan fingerprint density at radius 2 is 2.05 bits per heavy atom. The third-order valence-electron chi connectivity index (χ3n) is 3.43. The molecule has 0 saturated heterocycles. The summed E-state index contributed by atoms with van der Waals surface area (Å²) in [5.74, 6) is 2.15. The van der Waals surface area contributed by atoms with E-state index in [2.05, 4.69) is 31.8 Å². The first-order chi connectivity index (χ1) is 9.97. The smallest absolute Gasteiger partial charge is 0.122 e. The Morgan fingerprint density at radius 1 is 1.29 bits per heavy atom. The van der Waals surface area contributed by atoms with Crippen LogP contribution in [0.1, 0.15) is 36.7 Å². The molecule has 114 valence electrons. The summed E-state index contributed by atoms with van der Waals surface area (Å²) in [5, 5.41) is 10.2. The van der Waals surface area contributed by atoms with Gasteiger partial charge in [0.2, 0.25) is 0 Å². The average Bonchev–Trinajstić information content (AvgIpc) is 2.86. The first-order valence-electron chi connectivity index (χ1n) is 7.36. The minimum Gasteiger partial charge on any atom is -0.491 e. The zero-order valence-corrected chi connectivity index (χ0v) is 13.2. The summed E-state index contributed by atoms with van der Waals surface area (Å²) < 4.78 is 7.71. The van der Waals surface area contributed by atoms with Crippen molar-refractivity contribution < 1.29 is 9.84 Å². The Labute approximate surface area is 126 Å². The van der Waals surface area contributed by atoms with Crippen LogP contribution in [0.2, 0.25) is 0 Å². The van der Waals surface area contributed by atoms with Crippen LogP contribution >= 0.6 is 0 Å². The molecule has 0 spiro atoms. The molecule has 1 atom stereocenters. The lowest BCUT2D eigenvalue weighted by atomic mass is 10.1. The van der Waals surface area contributed by atoms with E-state index < -0.39 is 6.10 Å². The fourth-order valence-corrected chi connectivity index (χ4v) is 2.40. The number of aliphatic hydroxyl groups is 1. The Hall–Kier alpha value is -1.81. The van der Waals surface area contributed by atoms with Gasteiger partial charge in [-0.15, -0.1) is 0 Å². The molecule has 0 aliphatic carbocycles. The van der Waals surface area contributed by atoms with Crippen molar-refractivity contribution in [2.45, 2.75) is 46.3 Å². The van der Waals surface area contributed by atoms with E-state index in [1.54, 1.807) is 6.20 Å². The van der Waals surface area contributed by atoms with E-state index >= 15 is 0 Å². The van der Waals surface area contributed by atoms with Crippen LogP contribution in [0.25, 0.3) is 0 Å². The number of aryl methyl sites for hydroxylation is 2. The molecule has 0 amide bonds. The molecular weight excluding hydrogens is 264 g/mol. The van der Waals surface area contributed by atoms with Crippen LogP contribution in [0.3, 0.4) is 0 Å². The molecule has 0 bridgehead atoms. The standard InChI is InChI=1S/C17H24N2O2/c1-12(2)17-18-7-8-19(17)10-15(20)11-21-16-6-5-13(3)9-14(16)4/h5-9,12,15,20H,10-11H2,1-4H3. The summed E-state index contributed by atoms with van der Waals surface area (Å²) in [6.07, 6.45) is 3.11.